The van der Waals surface area contributed by atoms with Crippen molar-refractivity contribution in [2.45, 2.75) is 30.4 Å². The van der Waals surface area contributed by atoms with Crippen LogP contribution in [-0.2, 0) is 4.79 Å². The van der Waals surface area contributed by atoms with E-state index in [9.17, 15) is 20.1 Å². The number of aliphatic carboxylic acids is 1. The predicted octanol–water partition coefficient (Wildman–Crippen LogP) is -2.53. The van der Waals surface area contributed by atoms with E-state index >= 15 is 0 Å². The largest absolute Gasteiger partial charge is 0.481 e. The van der Waals surface area contributed by atoms with Gasteiger partial charge >= 0.3 is 5.97 Å². The number of hydrogen-bond donors (Lipinski definition) is 4. The van der Waals surface area contributed by atoms with Crippen LogP contribution in [0.25, 0.3) is 0 Å². The fourth-order valence-corrected chi connectivity index (χ4v) is 2.41. The highest BCUT2D eigenvalue weighted by Gasteiger charge is 2.64. The van der Waals surface area contributed by atoms with Gasteiger partial charge in [-0.1, -0.05) is 0 Å². The number of likely N-dealkylation sites (tertiary alicyclic amines) is 1. The minimum absolute atomic E-state index is 0.338. The highest BCUT2D eigenvalue weighted by Crippen LogP contribution is 2.43. The topological polar surface area (TPSA) is 101 Å². The second-order valence-electron chi connectivity index (χ2n) is 3.98. The zero-order chi connectivity index (χ0) is 10.6. The van der Waals surface area contributed by atoms with Crippen LogP contribution in [0.3, 0.4) is 0 Å². The second kappa shape index (κ2) is 2.90. The van der Waals surface area contributed by atoms with Crippen molar-refractivity contribution in [3.8, 4) is 0 Å². The normalized spacial score (nSPS) is 56.4. The van der Waals surface area contributed by atoms with Crippen molar-refractivity contribution in [3.63, 3.8) is 0 Å². The third-order valence-electron chi connectivity index (χ3n) is 3.27. The van der Waals surface area contributed by atoms with E-state index in [0.29, 0.717) is 0 Å². The smallest absolute Gasteiger partial charge is 0.310 e. The molecule has 2 rings (SSSR count). The van der Waals surface area contributed by atoms with Crippen LogP contribution in [0.5, 0.6) is 0 Å². The highest BCUT2D eigenvalue weighted by molar-refractivity contribution is 5.73. The van der Waals surface area contributed by atoms with E-state index in [4.69, 9.17) is 5.11 Å². The van der Waals surface area contributed by atoms with Gasteiger partial charge in [0.2, 0.25) is 0 Å². The minimum atomic E-state index is -1.39. The summed E-state index contributed by atoms with van der Waals surface area (Å²) in [5, 5.41) is 37.2. The summed E-state index contributed by atoms with van der Waals surface area (Å²) in [6.07, 6.45) is -3.83. The van der Waals surface area contributed by atoms with Crippen molar-refractivity contribution in [2.75, 3.05) is 7.05 Å². The van der Waals surface area contributed by atoms with Crippen LogP contribution in [0.1, 0.15) is 0 Å². The Morgan fingerprint density at radius 3 is 2.14 bits per heavy atom. The maximum Gasteiger partial charge on any atom is 0.310 e. The Morgan fingerprint density at radius 1 is 1.07 bits per heavy atom. The fraction of sp³-hybridized carbons (Fsp3) is 0.875. The summed E-state index contributed by atoms with van der Waals surface area (Å²) in [4.78, 5) is 12.5. The summed E-state index contributed by atoms with van der Waals surface area (Å²) in [7, 11) is 1.67. The lowest BCUT2D eigenvalue weighted by atomic mass is 9.83. The molecule has 0 amide bonds. The molecule has 7 atom stereocenters. The molecular weight excluding hydrogens is 190 g/mol. The fourth-order valence-electron chi connectivity index (χ4n) is 2.41. The van der Waals surface area contributed by atoms with Gasteiger partial charge in [0.05, 0.1) is 18.2 Å². The van der Waals surface area contributed by atoms with E-state index < -0.39 is 30.2 Å². The predicted molar refractivity (Wildman–Crippen MR) is 44.5 cm³/mol. The van der Waals surface area contributed by atoms with Crippen molar-refractivity contribution in [1.82, 2.24) is 4.90 Å². The van der Waals surface area contributed by atoms with Gasteiger partial charge in [-0.2, -0.15) is 0 Å². The summed E-state index contributed by atoms with van der Waals surface area (Å²) >= 11 is 0. The van der Waals surface area contributed by atoms with Crippen LogP contribution in [0.4, 0.5) is 0 Å². The molecule has 6 nitrogen and oxygen atoms in total. The number of likely N-dealkylation sites (N-methyl/N-ethyl adjacent to an activating group) is 1. The number of nitrogens with zero attached hydrogens (tertiary/aromatic N) is 1. The number of fused-ring (bicyclic) bond motifs is 1. The molecule has 0 aromatic carbocycles. The number of rotatable bonds is 1. The molecule has 2 aliphatic rings. The quantitative estimate of drug-likeness (QED) is 0.350. The van der Waals surface area contributed by atoms with Crippen LogP contribution in [-0.4, -0.2) is 68.7 Å². The zero-order valence-electron chi connectivity index (χ0n) is 7.61. The lowest BCUT2D eigenvalue weighted by Gasteiger charge is -2.30. The molecule has 1 saturated heterocycles. The van der Waals surface area contributed by atoms with E-state index in [2.05, 4.69) is 0 Å². The monoisotopic (exact) mass is 203 g/mol. The summed E-state index contributed by atoms with van der Waals surface area (Å²) in [5.74, 6) is -2.15. The van der Waals surface area contributed by atoms with E-state index in [1.165, 1.54) is 0 Å². The molecule has 0 bridgehead atoms. The second-order valence-corrected chi connectivity index (χ2v) is 3.98. The van der Waals surface area contributed by atoms with Crippen molar-refractivity contribution in [2.24, 2.45) is 5.92 Å². The average Bonchev–Trinajstić information content (AvgIpc) is 2.73. The van der Waals surface area contributed by atoms with Gasteiger partial charge in [0, 0.05) is 6.04 Å². The Labute approximate surface area is 80.4 Å². The first-order valence-electron chi connectivity index (χ1n) is 4.45. The number of hydrogen-bond acceptors (Lipinski definition) is 5. The number of aliphatic hydroxyl groups excluding tert-OH is 3. The van der Waals surface area contributed by atoms with Crippen LogP contribution in [0.15, 0.2) is 0 Å². The first kappa shape index (κ1) is 9.85. The Morgan fingerprint density at radius 2 is 1.64 bits per heavy atom. The molecule has 1 unspecified atom stereocenters. The summed E-state index contributed by atoms with van der Waals surface area (Å²) in [6.45, 7) is 0. The van der Waals surface area contributed by atoms with Crippen LogP contribution in [0.2, 0.25) is 0 Å². The highest BCUT2D eigenvalue weighted by atomic mass is 16.4. The molecule has 0 radical (unpaired) electrons. The molecule has 0 aromatic rings. The van der Waals surface area contributed by atoms with Crippen LogP contribution >= 0.6 is 0 Å². The lowest BCUT2D eigenvalue weighted by Crippen LogP contribution is -2.53. The van der Waals surface area contributed by atoms with Gasteiger partial charge in [-0.05, 0) is 7.05 Å². The third kappa shape index (κ3) is 1.08. The SMILES string of the molecule is CN1[C@@H]2[C@@H](C(=O)O)[C@@H](O)[C@H](O)[C@@H](O)[C@@H]21. The first-order chi connectivity index (χ1) is 6.46. The lowest BCUT2D eigenvalue weighted by molar-refractivity contribution is -0.156. The van der Waals surface area contributed by atoms with Crippen molar-refractivity contribution >= 4 is 5.97 Å². The van der Waals surface area contributed by atoms with Crippen molar-refractivity contribution in [3.05, 3.63) is 0 Å². The van der Waals surface area contributed by atoms with Crippen LogP contribution < -0.4 is 0 Å². The number of aliphatic hydroxyl groups is 3. The number of carboxylic acids is 1. The van der Waals surface area contributed by atoms with Crippen molar-refractivity contribution < 1.29 is 25.2 Å². The Kier molecular flexibility index (Phi) is 2.04. The maximum absolute atomic E-state index is 10.8. The standard InChI is InChI=1S/C8H13NO5/c1-9-3-2(8(13)14)5(10)7(12)6(11)4(3)9/h2-7,10-12H,1H3,(H,13,14)/t2-,3-,4-,5-,6+,7+,9?/m1/s1. The summed E-state index contributed by atoms with van der Waals surface area (Å²) < 4.78 is 0. The summed E-state index contributed by atoms with van der Waals surface area (Å²) in [6, 6.07) is -0.699. The summed E-state index contributed by atoms with van der Waals surface area (Å²) in [5.41, 5.74) is 0. The minimum Gasteiger partial charge on any atom is -0.481 e. The zero-order valence-corrected chi connectivity index (χ0v) is 7.61. The molecule has 6 heteroatoms. The van der Waals surface area contributed by atoms with E-state index in [1.807, 2.05) is 0 Å². The van der Waals surface area contributed by atoms with Gasteiger partial charge in [0.25, 0.3) is 0 Å². The molecule has 80 valence electrons. The molecule has 1 aliphatic carbocycles. The average molecular weight is 203 g/mol. The molecule has 0 aromatic heterocycles. The first-order valence-corrected chi connectivity index (χ1v) is 4.45. The maximum atomic E-state index is 10.8. The van der Waals surface area contributed by atoms with Gasteiger partial charge in [-0.25, -0.2) is 0 Å². The van der Waals surface area contributed by atoms with E-state index in [1.54, 1.807) is 11.9 Å². The molecule has 1 heterocycles. The van der Waals surface area contributed by atoms with Gasteiger partial charge in [-0.3, -0.25) is 9.69 Å². The Bertz CT molecular complexity index is 262. The van der Waals surface area contributed by atoms with Gasteiger partial charge in [0.1, 0.15) is 12.0 Å². The molecule has 1 aliphatic heterocycles. The Balaban J connectivity index is 2.24. The molecule has 14 heavy (non-hydrogen) atoms. The Hall–Kier alpha value is -0.690. The van der Waals surface area contributed by atoms with E-state index in [0.717, 1.165) is 0 Å². The van der Waals surface area contributed by atoms with E-state index in [-0.39, 0.29) is 12.1 Å². The molecule has 1 saturated carbocycles. The number of carbonyl (C=O) groups is 1. The number of carboxylic acid groups (broad SMARTS) is 1. The molecule has 4 N–H and O–H groups in total. The van der Waals surface area contributed by atoms with Crippen LogP contribution in [0, 0.1) is 5.92 Å². The molecule has 2 fully saturated rings. The third-order valence-corrected chi connectivity index (χ3v) is 3.27. The van der Waals surface area contributed by atoms with Gasteiger partial charge < -0.3 is 20.4 Å². The van der Waals surface area contributed by atoms with Gasteiger partial charge in [-0.15, -0.1) is 0 Å². The molecular formula is C8H13NO5. The van der Waals surface area contributed by atoms with Gasteiger partial charge in [0.15, 0.2) is 0 Å². The molecule has 0 spiro atoms. The van der Waals surface area contributed by atoms with Crippen molar-refractivity contribution in [1.29, 1.82) is 0 Å².